The Morgan fingerprint density at radius 2 is 1.70 bits per heavy atom. The first-order chi connectivity index (χ1) is 12.4. The molecule has 2 N–H and O–H groups in total. The van der Waals surface area contributed by atoms with Gasteiger partial charge in [-0.3, -0.25) is 9.69 Å². The first-order valence-electron chi connectivity index (χ1n) is 8.57. The fourth-order valence-electron chi connectivity index (χ4n) is 2.81. The first-order valence-corrected chi connectivity index (χ1v) is 8.57. The fourth-order valence-corrected chi connectivity index (χ4v) is 2.81. The molecule has 0 unspecified atom stereocenters. The van der Waals surface area contributed by atoms with Gasteiger partial charge in [0.25, 0.3) is 0 Å². The van der Waals surface area contributed by atoms with E-state index in [9.17, 15) is 22.8 Å². The van der Waals surface area contributed by atoms with Crippen LogP contribution >= 0.6 is 0 Å². The summed E-state index contributed by atoms with van der Waals surface area (Å²) in [6.45, 7) is 7.53. The number of hydrogen-bond acceptors (Lipinski definition) is 4. The van der Waals surface area contributed by atoms with Crippen LogP contribution in [0.2, 0.25) is 0 Å². The molecule has 1 aliphatic heterocycles. The zero-order valence-corrected chi connectivity index (χ0v) is 15.6. The smallest absolute Gasteiger partial charge is 0.417 e. The van der Waals surface area contributed by atoms with Gasteiger partial charge in [0, 0.05) is 32.7 Å². The number of amides is 2. The number of nitrogens with two attached hydrogens (primary N) is 1. The SMILES string of the molecule is CC(C)(C)OC(=O)N1CCN(Cc2ccc(C(N)=O)c(C(F)(F)F)c2)CC1. The molecule has 1 heterocycles. The van der Waals surface area contributed by atoms with Crippen molar-refractivity contribution in [1.82, 2.24) is 9.80 Å². The summed E-state index contributed by atoms with van der Waals surface area (Å²) in [7, 11) is 0. The molecule has 150 valence electrons. The van der Waals surface area contributed by atoms with Crippen molar-refractivity contribution < 1.29 is 27.5 Å². The lowest BCUT2D eigenvalue weighted by Gasteiger charge is -2.35. The Bertz CT molecular complexity index is 706. The molecule has 1 aliphatic rings. The summed E-state index contributed by atoms with van der Waals surface area (Å²) >= 11 is 0. The van der Waals surface area contributed by atoms with Crippen molar-refractivity contribution in [2.45, 2.75) is 39.1 Å². The van der Waals surface area contributed by atoms with Crippen molar-refractivity contribution in [2.75, 3.05) is 26.2 Å². The van der Waals surface area contributed by atoms with E-state index in [-0.39, 0.29) is 6.54 Å². The van der Waals surface area contributed by atoms with Crippen LogP contribution in [0.5, 0.6) is 0 Å². The summed E-state index contributed by atoms with van der Waals surface area (Å²) in [5.41, 5.74) is 3.32. The number of ether oxygens (including phenoxy) is 1. The maximum Gasteiger partial charge on any atom is 0.417 e. The van der Waals surface area contributed by atoms with Crippen molar-refractivity contribution in [3.05, 3.63) is 34.9 Å². The molecule has 0 aromatic heterocycles. The summed E-state index contributed by atoms with van der Waals surface area (Å²) < 4.78 is 44.8. The lowest BCUT2D eigenvalue weighted by Crippen LogP contribution is -2.49. The molecule has 0 spiro atoms. The van der Waals surface area contributed by atoms with Crippen molar-refractivity contribution in [3.8, 4) is 0 Å². The second-order valence-electron chi connectivity index (χ2n) is 7.49. The Morgan fingerprint density at radius 1 is 1.11 bits per heavy atom. The lowest BCUT2D eigenvalue weighted by molar-refractivity contribution is -0.138. The quantitative estimate of drug-likeness (QED) is 0.865. The van der Waals surface area contributed by atoms with Gasteiger partial charge in [-0.1, -0.05) is 6.07 Å². The average Bonchev–Trinajstić information content (AvgIpc) is 2.53. The van der Waals surface area contributed by atoms with E-state index in [1.165, 1.54) is 6.07 Å². The van der Waals surface area contributed by atoms with E-state index in [1.807, 2.05) is 4.90 Å². The van der Waals surface area contributed by atoms with Gasteiger partial charge < -0.3 is 15.4 Å². The number of carbonyl (C=O) groups is 2. The molecular formula is C18H24F3N3O3. The molecule has 1 aromatic carbocycles. The molecule has 0 atom stereocenters. The number of rotatable bonds is 3. The highest BCUT2D eigenvalue weighted by Gasteiger charge is 2.35. The van der Waals surface area contributed by atoms with Gasteiger partial charge in [0.05, 0.1) is 11.1 Å². The molecule has 1 saturated heterocycles. The van der Waals surface area contributed by atoms with Crippen LogP contribution in [-0.4, -0.2) is 53.6 Å². The van der Waals surface area contributed by atoms with Crippen LogP contribution < -0.4 is 5.73 Å². The van der Waals surface area contributed by atoms with Crippen molar-refractivity contribution in [1.29, 1.82) is 0 Å². The second-order valence-corrected chi connectivity index (χ2v) is 7.49. The number of alkyl halides is 3. The molecule has 0 radical (unpaired) electrons. The largest absolute Gasteiger partial charge is 0.444 e. The molecule has 2 amide bonds. The highest BCUT2D eigenvalue weighted by molar-refractivity contribution is 5.94. The van der Waals surface area contributed by atoms with Crippen LogP contribution in [0, 0.1) is 0 Å². The minimum Gasteiger partial charge on any atom is -0.444 e. The topological polar surface area (TPSA) is 75.9 Å². The number of nitrogens with zero attached hydrogens (tertiary/aromatic N) is 2. The fraction of sp³-hybridized carbons (Fsp3) is 0.556. The Labute approximate surface area is 156 Å². The molecule has 0 bridgehead atoms. The third kappa shape index (κ3) is 5.85. The Morgan fingerprint density at radius 3 is 2.19 bits per heavy atom. The van der Waals surface area contributed by atoms with E-state index < -0.39 is 34.9 Å². The van der Waals surface area contributed by atoms with Crippen LogP contribution in [0.15, 0.2) is 18.2 Å². The van der Waals surface area contributed by atoms with Gasteiger partial charge in [-0.15, -0.1) is 0 Å². The van der Waals surface area contributed by atoms with Crippen LogP contribution in [0.25, 0.3) is 0 Å². The number of piperazine rings is 1. The highest BCUT2D eigenvalue weighted by Crippen LogP contribution is 2.33. The summed E-state index contributed by atoms with van der Waals surface area (Å²) in [6, 6.07) is 3.54. The van der Waals surface area contributed by atoms with Crippen LogP contribution in [-0.2, 0) is 17.5 Å². The number of benzene rings is 1. The van der Waals surface area contributed by atoms with Gasteiger partial charge in [-0.2, -0.15) is 13.2 Å². The second kappa shape index (κ2) is 7.75. The molecule has 0 aliphatic carbocycles. The molecule has 6 nitrogen and oxygen atoms in total. The Hall–Kier alpha value is -2.29. The molecule has 27 heavy (non-hydrogen) atoms. The zero-order chi connectivity index (χ0) is 20.4. The predicted molar refractivity (Wildman–Crippen MR) is 93.0 cm³/mol. The predicted octanol–water partition coefficient (Wildman–Crippen LogP) is 2.86. The molecular weight excluding hydrogens is 363 g/mol. The average molecular weight is 387 g/mol. The van der Waals surface area contributed by atoms with Crippen LogP contribution in [0.1, 0.15) is 42.3 Å². The van der Waals surface area contributed by atoms with Crippen LogP contribution in [0.3, 0.4) is 0 Å². The van der Waals surface area contributed by atoms with E-state index in [1.54, 1.807) is 25.7 Å². The van der Waals surface area contributed by atoms with Gasteiger partial charge >= 0.3 is 12.3 Å². The van der Waals surface area contributed by atoms with E-state index in [0.717, 1.165) is 12.1 Å². The van der Waals surface area contributed by atoms with E-state index in [4.69, 9.17) is 10.5 Å². The van der Waals surface area contributed by atoms with Crippen molar-refractivity contribution in [3.63, 3.8) is 0 Å². The molecule has 0 saturated carbocycles. The molecule has 9 heteroatoms. The minimum absolute atomic E-state index is 0.282. The summed E-state index contributed by atoms with van der Waals surface area (Å²) in [6.07, 6.45) is -5.05. The van der Waals surface area contributed by atoms with Gasteiger partial charge in [0.1, 0.15) is 5.60 Å². The summed E-state index contributed by atoms with van der Waals surface area (Å²) in [5.74, 6) is -1.11. The number of carbonyl (C=O) groups excluding carboxylic acids is 2. The zero-order valence-electron chi connectivity index (χ0n) is 15.6. The Kier molecular flexibility index (Phi) is 6.04. The van der Waals surface area contributed by atoms with E-state index in [0.29, 0.717) is 31.7 Å². The molecule has 1 fully saturated rings. The highest BCUT2D eigenvalue weighted by atomic mass is 19.4. The molecule has 1 aromatic rings. The van der Waals surface area contributed by atoms with E-state index >= 15 is 0 Å². The summed E-state index contributed by atoms with van der Waals surface area (Å²) in [5, 5.41) is 0. The maximum absolute atomic E-state index is 13.2. The van der Waals surface area contributed by atoms with Gasteiger partial charge in [-0.25, -0.2) is 4.79 Å². The Balaban J connectivity index is 2.01. The van der Waals surface area contributed by atoms with E-state index in [2.05, 4.69) is 0 Å². The summed E-state index contributed by atoms with van der Waals surface area (Å²) in [4.78, 5) is 26.8. The van der Waals surface area contributed by atoms with Gasteiger partial charge in [0.2, 0.25) is 5.91 Å². The number of primary amides is 1. The third-order valence-corrected chi connectivity index (χ3v) is 4.09. The van der Waals surface area contributed by atoms with Gasteiger partial charge in [-0.05, 0) is 38.5 Å². The monoisotopic (exact) mass is 387 g/mol. The minimum atomic E-state index is -4.66. The van der Waals surface area contributed by atoms with Crippen molar-refractivity contribution in [2.24, 2.45) is 5.73 Å². The van der Waals surface area contributed by atoms with Crippen LogP contribution in [0.4, 0.5) is 18.0 Å². The molecule has 2 rings (SSSR count). The lowest BCUT2D eigenvalue weighted by atomic mass is 10.0. The van der Waals surface area contributed by atoms with Crippen molar-refractivity contribution >= 4 is 12.0 Å². The number of halogens is 3. The van der Waals surface area contributed by atoms with Gasteiger partial charge in [0.15, 0.2) is 0 Å². The number of hydrogen-bond donors (Lipinski definition) is 1. The third-order valence-electron chi connectivity index (χ3n) is 4.09. The standard InChI is InChI=1S/C18H24F3N3O3/c1-17(2,3)27-16(26)24-8-6-23(7-9-24)11-12-4-5-13(15(22)25)14(10-12)18(19,20)21/h4-5,10H,6-9,11H2,1-3H3,(H2,22,25). The normalized spacial score (nSPS) is 16.3. The first kappa shape index (κ1) is 21.0. The maximum atomic E-state index is 13.2.